The molecule has 0 aliphatic heterocycles. The number of aliphatic hydroxyl groups is 1. The van der Waals surface area contributed by atoms with E-state index >= 15 is 0 Å². The molecule has 122 valence electrons. The zero-order valence-electron chi connectivity index (χ0n) is 13.1. The van der Waals surface area contributed by atoms with Crippen LogP contribution in [-0.2, 0) is 0 Å². The second kappa shape index (κ2) is 7.06. The van der Waals surface area contributed by atoms with Gasteiger partial charge in [0.25, 0.3) is 5.91 Å². The quantitative estimate of drug-likeness (QED) is 0.754. The van der Waals surface area contributed by atoms with Gasteiger partial charge in [-0.15, -0.1) is 0 Å². The Morgan fingerprint density at radius 3 is 2.88 bits per heavy atom. The Kier molecular flexibility index (Phi) is 4.67. The number of benzene rings is 2. The molecule has 6 heteroatoms. The highest BCUT2D eigenvalue weighted by Gasteiger charge is 2.10. The van der Waals surface area contributed by atoms with Crippen molar-refractivity contribution in [1.82, 2.24) is 15.3 Å². The van der Waals surface area contributed by atoms with Crippen molar-refractivity contribution < 1.29 is 14.6 Å². The Morgan fingerprint density at radius 2 is 2.04 bits per heavy atom. The van der Waals surface area contributed by atoms with Crippen molar-refractivity contribution in [1.29, 1.82) is 0 Å². The Morgan fingerprint density at radius 1 is 1.21 bits per heavy atom. The van der Waals surface area contributed by atoms with Gasteiger partial charge in [-0.2, -0.15) is 0 Å². The van der Waals surface area contributed by atoms with Crippen LogP contribution in [0.1, 0.15) is 17.3 Å². The van der Waals surface area contributed by atoms with E-state index in [1.54, 1.807) is 31.2 Å². The first-order valence-electron chi connectivity index (χ1n) is 7.57. The summed E-state index contributed by atoms with van der Waals surface area (Å²) in [4.78, 5) is 20.4. The number of amides is 1. The summed E-state index contributed by atoms with van der Waals surface area (Å²) in [6, 6.07) is 14.3. The van der Waals surface area contributed by atoms with E-state index in [-0.39, 0.29) is 12.5 Å². The van der Waals surface area contributed by atoms with Gasteiger partial charge in [0.05, 0.1) is 17.0 Å². The lowest BCUT2D eigenvalue weighted by Gasteiger charge is -2.10. The second-order valence-corrected chi connectivity index (χ2v) is 5.38. The number of hydrogen-bond donors (Lipinski definition) is 2. The molecule has 24 heavy (non-hydrogen) atoms. The first kappa shape index (κ1) is 15.9. The van der Waals surface area contributed by atoms with E-state index in [2.05, 4.69) is 15.3 Å². The van der Waals surface area contributed by atoms with Crippen molar-refractivity contribution in [3.63, 3.8) is 0 Å². The van der Waals surface area contributed by atoms with Crippen LogP contribution in [0, 0.1) is 0 Å². The summed E-state index contributed by atoms with van der Waals surface area (Å²) in [6.07, 6.45) is 0.845. The topological polar surface area (TPSA) is 84.3 Å². The van der Waals surface area contributed by atoms with Gasteiger partial charge in [0, 0.05) is 12.1 Å². The van der Waals surface area contributed by atoms with Crippen molar-refractivity contribution in [2.75, 3.05) is 6.54 Å². The number of ether oxygens (including phenoxy) is 1. The minimum atomic E-state index is -0.597. The number of aromatic nitrogens is 2. The van der Waals surface area contributed by atoms with Gasteiger partial charge in [0.15, 0.2) is 0 Å². The summed E-state index contributed by atoms with van der Waals surface area (Å²) < 4.78 is 5.83. The maximum absolute atomic E-state index is 12.1. The number of carbonyl (C=O) groups excluding carboxylic acids is 1. The van der Waals surface area contributed by atoms with E-state index in [0.717, 1.165) is 10.9 Å². The number of carbonyl (C=O) groups is 1. The summed E-state index contributed by atoms with van der Waals surface area (Å²) in [5, 5.41) is 12.7. The molecule has 0 unspecified atom stereocenters. The third kappa shape index (κ3) is 3.67. The first-order valence-corrected chi connectivity index (χ1v) is 7.57. The Labute approximate surface area is 139 Å². The number of para-hydroxylation sites is 1. The zero-order chi connectivity index (χ0) is 16.9. The number of nitrogens with zero attached hydrogens (tertiary/aromatic N) is 2. The van der Waals surface area contributed by atoms with Gasteiger partial charge in [-0.1, -0.05) is 18.2 Å². The predicted octanol–water partition coefficient (Wildman–Crippen LogP) is 2.53. The van der Waals surface area contributed by atoms with E-state index < -0.39 is 6.10 Å². The fraction of sp³-hybridized carbons (Fsp3) is 0.167. The van der Waals surface area contributed by atoms with Gasteiger partial charge in [-0.05, 0) is 37.3 Å². The molecule has 0 radical (unpaired) electrons. The fourth-order valence-electron chi connectivity index (χ4n) is 2.22. The lowest BCUT2D eigenvalue weighted by Crippen LogP contribution is -2.30. The molecule has 0 saturated carbocycles. The third-order valence-corrected chi connectivity index (χ3v) is 3.38. The highest BCUT2D eigenvalue weighted by atomic mass is 16.5. The second-order valence-electron chi connectivity index (χ2n) is 5.38. The minimum absolute atomic E-state index is 0.195. The molecule has 3 rings (SSSR count). The van der Waals surface area contributed by atoms with Gasteiger partial charge in [0.2, 0.25) is 5.88 Å². The maximum Gasteiger partial charge on any atom is 0.251 e. The number of aliphatic hydroxyl groups excluding tert-OH is 1. The molecule has 2 N–H and O–H groups in total. The molecular formula is C18H17N3O3. The molecule has 0 bridgehead atoms. The largest absolute Gasteiger partial charge is 0.438 e. The van der Waals surface area contributed by atoms with Crippen molar-refractivity contribution in [2.24, 2.45) is 0 Å². The molecule has 1 amide bonds. The molecule has 1 aromatic heterocycles. The van der Waals surface area contributed by atoms with Crippen LogP contribution in [0.5, 0.6) is 11.6 Å². The molecule has 3 aromatic rings. The maximum atomic E-state index is 12.1. The summed E-state index contributed by atoms with van der Waals surface area (Å²) in [5.41, 5.74) is 1.24. The summed E-state index contributed by atoms with van der Waals surface area (Å²) in [6.45, 7) is 1.81. The lowest BCUT2D eigenvalue weighted by atomic mass is 10.2. The number of hydrogen-bond acceptors (Lipinski definition) is 5. The van der Waals surface area contributed by atoms with Crippen molar-refractivity contribution in [2.45, 2.75) is 13.0 Å². The van der Waals surface area contributed by atoms with Crippen LogP contribution < -0.4 is 10.1 Å². The van der Waals surface area contributed by atoms with Crippen LogP contribution in [-0.4, -0.2) is 33.6 Å². The predicted molar refractivity (Wildman–Crippen MR) is 90.1 cm³/mol. The van der Waals surface area contributed by atoms with E-state index in [9.17, 15) is 9.90 Å². The fourth-order valence-corrected chi connectivity index (χ4v) is 2.22. The van der Waals surface area contributed by atoms with Crippen molar-refractivity contribution >= 4 is 16.8 Å². The normalized spacial score (nSPS) is 11.9. The molecule has 6 nitrogen and oxygen atoms in total. The summed E-state index contributed by atoms with van der Waals surface area (Å²) >= 11 is 0. The average molecular weight is 323 g/mol. The van der Waals surface area contributed by atoms with Crippen molar-refractivity contribution in [3.8, 4) is 11.6 Å². The Hall–Kier alpha value is -2.99. The molecule has 2 aromatic carbocycles. The van der Waals surface area contributed by atoms with Crippen LogP contribution in [0.4, 0.5) is 0 Å². The smallest absolute Gasteiger partial charge is 0.251 e. The molecule has 0 aliphatic rings. The number of fused-ring (bicyclic) bond motifs is 1. The van der Waals surface area contributed by atoms with Crippen LogP contribution in [0.2, 0.25) is 0 Å². The van der Waals surface area contributed by atoms with E-state index in [0.29, 0.717) is 17.2 Å². The monoisotopic (exact) mass is 323 g/mol. The number of nitrogens with one attached hydrogen (secondary N) is 1. The first-order chi connectivity index (χ1) is 11.6. The van der Waals surface area contributed by atoms with Crippen LogP contribution in [0.25, 0.3) is 10.9 Å². The molecular weight excluding hydrogens is 306 g/mol. The van der Waals surface area contributed by atoms with E-state index in [1.165, 1.54) is 6.33 Å². The molecule has 0 fully saturated rings. The van der Waals surface area contributed by atoms with Gasteiger partial charge in [0.1, 0.15) is 12.1 Å². The third-order valence-electron chi connectivity index (χ3n) is 3.38. The van der Waals surface area contributed by atoms with Gasteiger partial charge >= 0.3 is 0 Å². The summed E-state index contributed by atoms with van der Waals surface area (Å²) in [7, 11) is 0. The van der Waals surface area contributed by atoms with Crippen LogP contribution in [0.15, 0.2) is 54.9 Å². The van der Waals surface area contributed by atoms with Crippen LogP contribution in [0.3, 0.4) is 0 Å². The lowest BCUT2D eigenvalue weighted by molar-refractivity contribution is 0.0923. The van der Waals surface area contributed by atoms with Gasteiger partial charge in [-0.3, -0.25) is 4.79 Å². The highest BCUT2D eigenvalue weighted by Crippen LogP contribution is 2.26. The van der Waals surface area contributed by atoms with Gasteiger partial charge < -0.3 is 15.2 Å². The molecule has 0 spiro atoms. The molecule has 1 atom stereocenters. The summed E-state index contributed by atoms with van der Waals surface area (Å²) in [5.74, 6) is 0.666. The minimum Gasteiger partial charge on any atom is -0.438 e. The van der Waals surface area contributed by atoms with Crippen LogP contribution >= 0.6 is 0 Å². The molecule has 1 heterocycles. The zero-order valence-corrected chi connectivity index (χ0v) is 13.1. The molecule has 0 saturated heterocycles. The highest BCUT2D eigenvalue weighted by molar-refractivity contribution is 5.94. The SMILES string of the molecule is C[C@@H](O)CNC(=O)c1cccc(Oc2ncnc3ccccc23)c1. The number of rotatable bonds is 5. The van der Waals surface area contributed by atoms with Gasteiger partial charge in [-0.25, -0.2) is 9.97 Å². The average Bonchev–Trinajstić information content (AvgIpc) is 2.60. The Balaban J connectivity index is 1.83. The standard InChI is InChI=1S/C18H17N3O3/c1-12(22)10-19-17(23)13-5-4-6-14(9-13)24-18-15-7-2-3-8-16(15)20-11-21-18/h2-9,11-12,22H,10H2,1H3,(H,19,23)/t12-/m1/s1. The van der Waals surface area contributed by atoms with E-state index in [4.69, 9.17) is 4.74 Å². The van der Waals surface area contributed by atoms with Crippen molar-refractivity contribution in [3.05, 3.63) is 60.4 Å². The Bertz CT molecular complexity index is 860. The van der Waals surface area contributed by atoms with E-state index in [1.807, 2.05) is 24.3 Å². The molecule has 0 aliphatic carbocycles.